The number of carbonyl (C=O) groups excluding carboxylic acids is 1. The van der Waals surface area contributed by atoms with Gasteiger partial charge in [-0.05, 0) is 110 Å². The molecule has 6 heteroatoms. The average molecular weight is 488 g/mol. The van der Waals surface area contributed by atoms with E-state index in [4.69, 9.17) is 16.3 Å². The molecule has 0 saturated heterocycles. The number of carbonyl (C=O) groups is 1. The van der Waals surface area contributed by atoms with Crippen molar-refractivity contribution in [3.05, 3.63) is 77.1 Å². The summed E-state index contributed by atoms with van der Waals surface area (Å²) in [5, 5.41) is 7.48. The van der Waals surface area contributed by atoms with Gasteiger partial charge in [-0.3, -0.25) is 4.98 Å². The van der Waals surface area contributed by atoms with Crippen LogP contribution in [0.3, 0.4) is 0 Å². The third kappa shape index (κ3) is 4.27. The zero-order valence-electron chi connectivity index (χ0n) is 19.9. The second kappa shape index (κ2) is 8.87. The fourth-order valence-electron chi connectivity index (χ4n) is 7.14. The van der Waals surface area contributed by atoms with Crippen molar-refractivity contribution in [1.82, 2.24) is 4.98 Å². The van der Waals surface area contributed by atoms with Gasteiger partial charge in [-0.2, -0.15) is 0 Å². The maximum absolute atomic E-state index is 12.0. The van der Waals surface area contributed by atoms with Crippen molar-refractivity contribution in [3.63, 3.8) is 0 Å². The van der Waals surface area contributed by atoms with Crippen LogP contribution in [0.15, 0.2) is 60.9 Å². The predicted octanol–water partition coefficient (Wildman–Crippen LogP) is 7.48. The van der Waals surface area contributed by atoms with Gasteiger partial charge in [0.25, 0.3) is 0 Å². The summed E-state index contributed by atoms with van der Waals surface area (Å²) in [6.45, 7) is 0. The standard InChI is InChI=1S/C29H30ClN3O2/c1-35-28(34)24-8-9-31-17-27(24)33-23-5-3-22(4-6-23)32-26-7-2-21(13-25(26)30)29-14-18-10-19(15-29)12-20(11-18)16-29/h2-9,13,17-20,32-33H,10-12,14-16H2,1H3. The zero-order valence-corrected chi connectivity index (χ0v) is 20.6. The Bertz CT molecular complexity index is 1220. The summed E-state index contributed by atoms with van der Waals surface area (Å²) >= 11 is 6.79. The maximum Gasteiger partial charge on any atom is 0.340 e. The van der Waals surface area contributed by atoms with E-state index in [9.17, 15) is 4.79 Å². The lowest BCUT2D eigenvalue weighted by Gasteiger charge is -2.57. The summed E-state index contributed by atoms with van der Waals surface area (Å²) < 4.78 is 4.86. The van der Waals surface area contributed by atoms with Crippen molar-refractivity contribution in [3.8, 4) is 0 Å². The van der Waals surface area contributed by atoms with E-state index in [2.05, 4.69) is 33.8 Å². The van der Waals surface area contributed by atoms with Gasteiger partial charge >= 0.3 is 5.97 Å². The first kappa shape index (κ1) is 22.4. The Labute approximate surface area is 211 Å². The summed E-state index contributed by atoms with van der Waals surface area (Å²) in [4.78, 5) is 16.1. The van der Waals surface area contributed by atoms with Gasteiger partial charge in [-0.1, -0.05) is 17.7 Å². The molecule has 35 heavy (non-hydrogen) atoms. The zero-order chi connectivity index (χ0) is 24.0. The molecule has 4 aliphatic carbocycles. The predicted molar refractivity (Wildman–Crippen MR) is 140 cm³/mol. The first-order chi connectivity index (χ1) is 17.0. The minimum Gasteiger partial charge on any atom is -0.465 e. The molecule has 1 heterocycles. The van der Waals surface area contributed by atoms with Crippen LogP contribution in [0, 0.1) is 17.8 Å². The second-order valence-electron chi connectivity index (χ2n) is 10.6. The van der Waals surface area contributed by atoms with Crippen LogP contribution in [0.25, 0.3) is 0 Å². The SMILES string of the molecule is COC(=O)c1ccncc1Nc1ccc(Nc2ccc(C34CC5CC(CC(C5)C3)C4)cc2Cl)cc1. The Hall–Kier alpha value is -3.05. The van der Waals surface area contributed by atoms with Crippen molar-refractivity contribution >= 4 is 40.3 Å². The van der Waals surface area contributed by atoms with Crippen LogP contribution in [0.1, 0.15) is 54.4 Å². The second-order valence-corrected chi connectivity index (χ2v) is 11.0. The number of halogens is 1. The Balaban J connectivity index is 1.16. The van der Waals surface area contributed by atoms with Gasteiger partial charge in [0.1, 0.15) is 0 Å². The van der Waals surface area contributed by atoms with E-state index in [0.717, 1.165) is 39.8 Å². The molecule has 1 aromatic heterocycles. The molecular weight excluding hydrogens is 458 g/mol. The number of pyridine rings is 1. The first-order valence-corrected chi connectivity index (χ1v) is 12.9. The Morgan fingerprint density at radius 2 is 1.51 bits per heavy atom. The van der Waals surface area contributed by atoms with Gasteiger partial charge < -0.3 is 15.4 Å². The number of hydrogen-bond acceptors (Lipinski definition) is 5. The topological polar surface area (TPSA) is 63.2 Å². The molecule has 2 aromatic carbocycles. The molecule has 0 spiro atoms. The maximum atomic E-state index is 12.0. The number of nitrogens with one attached hydrogen (secondary N) is 2. The van der Waals surface area contributed by atoms with Crippen molar-refractivity contribution in [2.24, 2.45) is 17.8 Å². The number of hydrogen-bond donors (Lipinski definition) is 2. The average Bonchev–Trinajstić information content (AvgIpc) is 2.85. The number of ether oxygens (including phenoxy) is 1. The van der Waals surface area contributed by atoms with E-state index in [1.807, 2.05) is 24.3 Å². The van der Waals surface area contributed by atoms with Crippen molar-refractivity contribution in [2.45, 2.75) is 43.9 Å². The van der Waals surface area contributed by atoms with Crippen molar-refractivity contribution < 1.29 is 9.53 Å². The van der Waals surface area contributed by atoms with Gasteiger partial charge in [-0.25, -0.2) is 4.79 Å². The van der Waals surface area contributed by atoms with E-state index < -0.39 is 5.97 Å². The quantitative estimate of drug-likeness (QED) is 0.353. The Morgan fingerprint density at radius 1 is 0.914 bits per heavy atom. The van der Waals surface area contributed by atoms with E-state index in [1.54, 1.807) is 18.5 Å². The molecule has 7 rings (SSSR count). The van der Waals surface area contributed by atoms with Crippen LogP contribution in [-0.2, 0) is 10.2 Å². The molecule has 5 nitrogen and oxygen atoms in total. The number of esters is 1. The molecule has 0 amide bonds. The molecule has 0 atom stereocenters. The largest absolute Gasteiger partial charge is 0.465 e. The molecule has 4 aliphatic rings. The van der Waals surface area contributed by atoms with Gasteiger partial charge in [-0.15, -0.1) is 0 Å². The number of benzene rings is 2. The molecule has 2 N–H and O–H groups in total. The summed E-state index contributed by atoms with van der Waals surface area (Å²) in [6.07, 6.45) is 11.5. The first-order valence-electron chi connectivity index (χ1n) is 12.5. The molecule has 3 aromatic rings. The van der Waals surface area contributed by atoms with Crippen LogP contribution >= 0.6 is 11.6 Å². The number of aromatic nitrogens is 1. The van der Waals surface area contributed by atoms with Crippen LogP contribution in [0.4, 0.5) is 22.7 Å². The minimum absolute atomic E-state index is 0.347. The fraction of sp³-hybridized carbons (Fsp3) is 0.379. The highest BCUT2D eigenvalue weighted by Gasteiger charge is 2.51. The smallest absolute Gasteiger partial charge is 0.340 e. The van der Waals surface area contributed by atoms with Gasteiger partial charge in [0.15, 0.2) is 0 Å². The lowest BCUT2D eigenvalue weighted by molar-refractivity contribution is -0.00517. The molecule has 0 radical (unpaired) electrons. The number of rotatable bonds is 6. The van der Waals surface area contributed by atoms with Gasteiger partial charge in [0.05, 0.1) is 35.3 Å². The van der Waals surface area contributed by atoms with E-state index in [1.165, 1.54) is 51.2 Å². The molecule has 4 bridgehead atoms. The Morgan fingerprint density at radius 3 is 2.09 bits per heavy atom. The lowest BCUT2D eigenvalue weighted by Crippen LogP contribution is -2.48. The van der Waals surface area contributed by atoms with E-state index in [0.29, 0.717) is 16.7 Å². The molecule has 180 valence electrons. The highest BCUT2D eigenvalue weighted by Crippen LogP contribution is 2.61. The summed E-state index contributed by atoms with van der Waals surface area (Å²) in [7, 11) is 1.37. The highest BCUT2D eigenvalue weighted by atomic mass is 35.5. The van der Waals surface area contributed by atoms with Crippen LogP contribution < -0.4 is 10.6 Å². The Kier molecular flexibility index (Phi) is 5.68. The number of nitrogens with zero attached hydrogens (tertiary/aromatic N) is 1. The summed E-state index contributed by atoms with van der Waals surface area (Å²) in [5.41, 5.74) is 5.53. The molecule has 0 aliphatic heterocycles. The molecule has 4 fully saturated rings. The number of anilines is 4. The molecular formula is C29H30ClN3O2. The number of methoxy groups -OCH3 is 1. The monoisotopic (exact) mass is 487 g/mol. The molecule has 4 saturated carbocycles. The lowest BCUT2D eigenvalue weighted by atomic mass is 9.48. The normalized spacial score (nSPS) is 26.4. The van der Waals surface area contributed by atoms with Gasteiger partial charge in [0, 0.05) is 17.6 Å². The van der Waals surface area contributed by atoms with Crippen LogP contribution in [0.5, 0.6) is 0 Å². The van der Waals surface area contributed by atoms with Crippen LogP contribution in [-0.4, -0.2) is 18.1 Å². The fourth-order valence-corrected chi connectivity index (χ4v) is 7.37. The summed E-state index contributed by atoms with van der Waals surface area (Å²) in [6, 6.07) is 16.2. The van der Waals surface area contributed by atoms with E-state index >= 15 is 0 Å². The van der Waals surface area contributed by atoms with Crippen molar-refractivity contribution in [2.75, 3.05) is 17.7 Å². The van der Waals surface area contributed by atoms with Gasteiger partial charge in [0.2, 0.25) is 0 Å². The summed E-state index contributed by atoms with van der Waals surface area (Å²) in [5.74, 6) is 2.35. The minimum atomic E-state index is -0.403. The van der Waals surface area contributed by atoms with Crippen molar-refractivity contribution in [1.29, 1.82) is 0 Å². The van der Waals surface area contributed by atoms with Crippen LogP contribution in [0.2, 0.25) is 5.02 Å². The third-order valence-corrected chi connectivity index (χ3v) is 8.60. The molecule has 0 unspecified atom stereocenters. The van der Waals surface area contributed by atoms with E-state index in [-0.39, 0.29) is 0 Å². The highest BCUT2D eigenvalue weighted by molar-refractivity contribution is 6.33. The third-order valence-electron chi connectivity index (χ3n) is 8.29.